The fraction of sp³-hybridized carbons (Fsp3) is 0. The third-order valence-electron chi connectivity index (χ3n) is 2.98. The molecule has 1 heterocycles. The minimum atomic E-state index is -0.707. The molecule has 0 aliphatic carbocycles. The van der Waals surface area contributed by atoms with E-state index in [0.29, 0.717) is 15.4 Å². The van der Waals surface area contributed by atoms with Crippen LogP contribution in [0.3, 0.4) is 0 Å². The van der Waals surface area contributed by atoms with Gasteiger partial charge in [-0.25, -0.2) is 8.78 Å². The van der Waals surface area contributed by atoms with E-state index in [1.54, 1.807) is 18.2 Å². The number of rotatable bonds is 1. The summed E-state index contributed by atoms with van der Waals surface area (Å²) in [5.74, 6) is -1.64. The van der Waals surface area contributed by atoms with Crippen molar-refractivity contribution < 1.29 is 13.9 Å². The van der Waals surface area contributed by atoms with Crippen LogP contribution in [-0.2, 0) is 0 Å². The van der Waals surface area contributed by atoms with Gasteiger partial charge in [0.25, 0.3) is 0 Å². The van der Waals surface area contributed by atoms with Crippen molar-refractivity contribution in [3.05, 3.63) is 50.9 Å². The normalized spacial score (nSPS) is 11.2. The molecule has 0 amide bonds. The molecule has 0 saturated carbocycles. The lowest BCUT2D eigenvalue weighted by atomic mass is 10.1. The standard InChI is InChI=1S/C14H7Br2F2NO/c15-6-1-2-10-8(3-6)13(18)14(19-10)12-9(17)4-7(16)5-11(12)20/h1-5,19-20H. The number of aromatic nitrogens is 1. The fourth-order valence-corrected chi connectivity index (χ4v) is 2.89. The van der Waals surface area contributed by atoms with E-state index in [4.69, 9.17) is 0 Å². The summed E-state index contributed by atoms with van der Waals surface area (Å²) in [5, 5.41) is 10.2. The molecule has 0 fully saturated rings. The van der Waals surface area contributed by atoms with Gasteiger partial charge in [-0.2, -0.15) is 0 Å². The van der Waals surface area contributed by atoms with Crippen molar-refractivity contribution in [2.75, 3.05) is 0 Å². The van der Waals surface area contributed by atoms with E-state index in [1.165, 1.54) is 12.1 Å². The molecule has 0 aliphatic heterocycles. The van der Waals surface area contributed by atoms with Gasteiger partial charge in [0.05, 0.1) is 11.3 Å². The van der Waals surface area contributed by atoms with Gasteiger partial charge in [-0.05, 0) is 30.3 Å². The number of aromatic hydroxyl groups is 1. The second-order valence-corrected chi connectivity index (χ2v) is 6.12. The van der Waals surface area contributed by atoms with E-state index >= 15 is 0 Å². The Balaban J connectivity index is 2.33. The van der Waals surface area contributed by atoms with Gasteiger partial charge in [0.2, 0.25) is 0 Å². The molecular weight excluding hydrogens is 396 g/mol. The summed E-state index contributed by atoms with van der Waals surface area (Å²) in [6.45, 7) is 0. The first-order chi connectivity index (χ1) is 9.47. The summed E-state index contributed by atoms with van der Waals surface area (Å²) < 4.78 is 29.5. The van der Waals surface area contributed by atoms with Gasteiger partial charge in [-0.15, -0.1) is 0 Å². The van der Waals surface area contributed by atoms with Gasteiger partial charge in [0.15, 0.2) is 5.82 Å². The number of hydrogen-bond donors (Lipinski definition) is 2. The zero-order valence-electron chi connectivity index (χ0n) is 9.85. The van der Waals surface area contributed by atoms with Crippen molar-refractivity contribution in [3.63, 3.8) is 0 Å². The maximum atomic E-state index is 14.4. The van der Waals surface area contributed by atoms with Gasteiger partial charge in [-0.3, -0.25) is 0 Å². The molecule has 2 aromatic carbocycles. The van der Waals surface area contributed by atoms with Gasteiger partial charge in [-0.1, -0.05) is 31.9 Å². The van der Waals surface area contributed by atoms with E-state index in [2.05, 4.69) is 36.8 Å². The van der Waals surface area contributed by atoms with Crippen molar-refractivity contribution in [1.82, 2.24) is 4.98 Å². The van der Waals surface area contributed by atoms with Crippen LogP contribution < -0.4 is 0 Å². The molecule has 0 spiro atoms. The molecule has 3 aromatic rings. The van der Waals surface area contributed by atoms with Crippen molar-refractivity contribution in [3.8, 4) is 17.0 Å². The van der Waals surface area contributed by atoms with Crippen molar-refractivity contribution in [2.24, 2.45) is 0 Å². The van der Waals surface area contributed by atoms with E-state index in [0.717, 1.165) is 4.47 Å². The van der Waals surface area contributed by atoms with Crippen LogP contribution in [0.25, 0.3) is 22.2 Å². The SMILES string of the molecule is Oc1cc(Br)cc(F)c1-c1[nH]c2ccc(Br)cc2c1F. The second-order valence-electron chi connectivity index (χ2n) is 4.29. The van der Waals surface area contributed by atoms with E-state index < -0.39 is 11.6 Å². The van der Waals surface area contributed by atoms with E-state index in [1.807, 2.05) is 0 Å². The third kappa shape index (κ3) is 2.13. The number of fused-ring (bicyclic) bond motifs is 1. The predicted molar refractivity (Wildman–Crippen MR) is 80.7 cm³/mol. The molecule has 0 aliphatic rings. The highest BCUT2D eigenvalue weighted by atomic mass is 79.9. The molecule has 0 radical (unpaired) electrons. The van der Waals surface area contributed by atoms with Crippen LogP contribution >= 0.6 is 31.9 Å². The van der Waals surface area contributed by atoms with Crippen LogP contribution in [0.5, 0.6) is 5.75 Å². The number of nitrogens with one attached hydrogen (secondary N) is 1. The van der Waals surface area contributed by atoms with Crippen LogP contribution in [-0.4, -0.2) is 10.1 Å². The Hall–Kier alpha value is -1.40. The molecule has 0 saturated heterocycles. The monoisotopic (exact) mass is 401 g/mol. The smallest absolute Gasteiger partial charge is 0.156 e. The molecule has 102 valence electrons. The first-order valence-electron chi connectivity index (χ1n) is 5.62. The minimum Gasteiger partial charge on any atom is -0.507 e. The summed E-state index contributed by atoms with van der Waals surface area (Å²) in [6.07, 6.45) is 0. The van der Waals surface area contributed by atoms with Crippen LogP contribution in [0.15, 0.2) is 39.3 Å². The number of hydrogen-bond acceptors (Lipinski definition) is 1. The Kier molecular flexibility index (Phi) is 3.30. The second kappa shape index (κ2) is 4.86. The molecule has 20 heavy (non-hydrogen) atoms. The molecular formula is C14H7Br2F2NO. The first-order valence-corrected chi connectivity index (χ1v) is 7.21. The lowest BCUT2D eigenvalue weighted by Crippen LogP contribution is -1.88. The van der Waals surface area contributed by atoms with Gasteiger partial charge >= 0.3 is 0 Å². The van der Waals surface area contributed by atoms with Gasteiger partial charge < -0.3 is 10.1 Å². The summed E-state index contributed by atoms with van der Waals surface area (Å²) in [7, 11) is 0. The van der Waals surface area contributed by atoms with Crippen molar-refractivity contribution in [2.45, 2.75) is 0 Å². The Morgan fingerprint density at radius 1 is 1.00 bits per heavy atom. The predicted octanol–water partition coefficient (Wildman–Crippen LogP) is 5.34. The molecule has 6 heteroatoms. The Bertz CT molecular complexity index is 806. The maximum absolute atomic E-state index is 14.4. The lowest BCUT2D eigenvalue weighted by molar-refractivity contribution is 0.470. The third-order valence-corrected chi connectivity index (χ3v) is 3.93. The maximum Gasteiger partial charge on any atom is 0.156 e. The first kappa shape index (κ1) is 13.6. The topological polar surface area (TPSA) is 36.0 Å². The zero-order valence-corrected chi connectivity index (χ0v) is 13.0. The number of aromatic amines is 1. The van der Waals surface area contributed by atoms with E-state index in [-0.39, 0.29) is 17.0 Å². The van der Waals surface area contributed by atoms with Crippen LogP contribution in [0.1, 0.15) is 0 Å². The summed E-state index contributed by atoms with van der Waals surface area (Å²) in [5.41, 5.74) is 0.279. The number of benzene rings is 2. The van der Waals surface area contributed by atoms with Gasteiger partial charge in [0.1, 0.15) is 11.6 Å². The Labute approximate surface area is 129 Å². The van der Waals surface area contributed by atoms with Crippen LogP contribution in [0.2, 0.25) is 0 Å². The molecule has 0 bridgehead atoms. The van der Waals surface area contributed by atoms with E-state index in [9.17, 15) is 13.9 Å². The molecule has 0 atom stereocenters. The van der Waals surface area contributed by atoms with Crippen LogP contribution in [0.4, 0.5) is 8.78 Å². The van der Waals surface area contributed by atoms with Crippen molar-refractivity contribution >= 4 is 42.8 Å². The number of halogens is 4. The molecule has 2 nitrogen and oxygen atoms in total. The number of H-pyrrole nitrogens is 1. The quantitative estimate of drug-likeness (QED) is 0.565. The van der Waals surface area contributed by atoms with Crippen LogP contribution in [0, 0.1) is 11.6 Å². The zero-order chi connectivity index (χ0) is 14.4. The summed E-state index contributed by atoms with van der Waals surface area (Å²) in [6, 6.07) is 7.52. The fourth-order valence-electron chi connectivity index (χ4n) is 2.11. The molecule has 0 unspecified atom stereocenters. The highest BCUT2D eigenvalue weighted by molar-refractivity contribution is 9.10. The number of phenolic OH excluding ortho intramolecular Hbond substituents is 1. The highest BCUT2D eigenvalue weighted by Gasteiger charge is 2.20. The Morgan fingerprint density at radius 3 is 2.45 bits per heavy atom. The summed E-state index contributed by atoms with van der Waals surface area (Å²) in [4.78, 5) is 2.80. The number of phenols is 1. The molecule has 3 rings (SSSR count). The summed E-state index contributed by atoms with van der Waals surface area (Å²) >= 11 is 6.33. The average molecular weight is 403 g/mol. The van der Waals surface area contributed by atoms with Gasteiger partial charge in [0, 0.05) is 19.8 Å². The Morgan fingerprint density at radius 2 is 1.75 bits per heavy atom. The molecule has 2 N–H and O–H groups in total. The average Bonchev–Trinajstić information content (AvgIpc) is 2.66. The minimum absolute atomic E-state index is 0.0689. The molecule has 1 aromatic heterocycles. The lowest BCUT2D eigenvalue weighted by Gasteiger charge is -2.05. The largest absolute Gasteiger partial charge is 0.507 e. The van der Waals surface area contributed by atoms with Crippen molar-refractivity contribution in [1.29, 1.82) is 0 Å². The highest BCUT2D eigenvalue weighted by Crippen LogP contribution is 2.38.